The van der Waals surface area contributed by atoms with Gasteiger partial charge in [-0.05, 0) is 31.2 Å². The molecule has 96 valence electrons. The smallest absolute Gasteiger partial charge is 0.274 e. The Balaban J connectivity index is 2.27. The topological polar surface area (TPSA) is 59.1 Å². The molecule has 0 aliphatic carbocycles. The average Bonchev–Trinajstić information content (AvgIpc) is 2.39. The van der Waals surface area contributed by atoms with E-state index in [-0.39, 0.29) is 11.5 Å². The van der Waals surface area contributed by atoms with Crippen LogP contribution in [0.15, 0.2) is 42.5 Å². The number of halogens is 1. The van der Waals surface area contributed by atoms with Crippen molar-refractivity contribution in [1.29, 1.82) is 0 Å². The van der Waals surface area contributed by atoms with E-state index >= 15 is 0 Å². The van der Waals surface area contributed by atoms with Gasteiger partial charge < -0.3 is 5.32 Å². The highest BCUT2D eigenvalue weighted by molar-refractivity contribution is 6.08. The second-order valence-electron chi connectivity index (χ2n) is 3.90. The predicted molar refractivity (Wildman–Crippen MR) is 68.6 cm³/mol. The average molecular weight is 258 g/mol. The molecule has 0 aliphatic heterocycles. The van der Waals surface area contributed by atoms with E-state index in [1.165, 1.54) is 19.1 Å². The number of amides is 1. The molecular formula is C14H11FN2O2. The van der Waals surface area contributed by atoms with Crippen molar-refractivity contribution in [3.8, 4) is 0 Å². The number of aromatic nitrogens is 1. The molecule has 1 heterocycles. The van der Waals surface area contributed by atoms with E-state index < -0.39 is 11.9 Å². The van der Waals surface area contributed by atoms with Gasteiger partial charge in [0, 0.05) is 5.56 Å². The van der Waals surface area contributed by atoms with Crippen LogP contribution in [0.1, 0.15) is 27.8 Å². The molecule has 0 fully saturated rings. The van der Waals surface area contributed by atoms with Gasteiger partial charge in [0.05, 0.1) is 5.69 Å². The monoisotopic (exact) mass is 258 g/mol. The Morgan fingerprint density at radius 1 is 1.11 bits per heavy atom. The molecule has 0 atom stereocenters. The highest BCUT2D eigenvalue weighted by Crippen LogP contribution is 2.16. The highest BCUT2D eigenvalue weighted by Gasteiger charge is 2.12. The fourth-order valence-corrected chi connectivity index (χ4v) is 1.62. The Bertz CT molecular complexity index is 641. The molecule has 0 bridgehead atoms. The molecule has 0 aliphatic rings. The summed E-state index contributed by atoms with van der Waals surface area (Å²) in [5.74, 6) is -1.45. The molecule has 19 heavy (non-hydrogen) atoms. The van der Waals surface area contributed by atoms with Crippen molar-refractivity contribution in [2.24, 2.45) is 0 Å². The Morgan fingerprint density at radius 2 is 1.84 bits per heavy atom. The number of rotatable bonds is 3. The zero-order valence-electron chi connectivity index (χ0n) is 10.2. The van der Waals surface area contributed by atoms with Gasteiger partial charge in [0.15, 0.2) is 5.78 Å². The molecule has 1 aromatic carbocycles. The van der Waals surface area contributed by atoms with E-state index in [0.717, 1.165) is 6.07 Å². The summed E-state index contributed by atoms with van der Waals surface area (Å²) in [6.07, 6.45) is 0. The number of anilines is 1. The summed E-state index contributed by atoms with van der Waals surface area (Å²) in [4.78, 5) is 26.8. The first-order chi connectivity index (χ1) is 9.08. The van der Waals surface area contributed by atoms with Crippen LogP contribution in [0.5, 0.6) is 0 Å². The van der Waals surface area contributed by atoms with Crippen molar-refractivity contribution in [3.63, 3.8) is 0 Å². The lowest BCUT2D eigenvalue weighted by Crippen LogP contribution is -2.16. The van der Waals surface area contributed by atoms with Gasteiger partial charge in [-0.15, -0.1) is 0 Å². The van der Waals surface area contributed by atoms with Crippen LogP contribution in [0.4, 0.5) is 10.1 Å². The number of nitrogens with zero attached hydrogens (tertiary/aromatic N) is 1. The fraction of sp³-hybridized carbons (Fsp3) is 0.0714. The number of pyridine rings is 1. The molecular weight excluding hydrogens is 247 g/mol. The van der Waals surface area contributed by atoms with Crippen LogP contribution in [0.2, 0.25) is 0 Å². The summed E-state index contributed by atoms with van der Waals surface area (Å²) in [5, 5.41) is 2.55. The molecule has 0 radical (unpaired) electrons. The second kappa shape index (κ2) is 5.39. The zero-order chi connectivity index (χ0) is 13.8. The van der Waals surface area contributed by atoms with Crippen LogP contribution in [0, 0.1) is 5.95 Å². The first kappa shape index (κ1) is 12.9. The Kier molecular flexibility index (Phi) is 3.66. The van der Waals surface area contributed by atoms with Crippen LogP contribution in [-0.2, 0) is 0 Å². The van der Waals surface area contributed by atoms with Gasteiger partial charge in [-0.25, -0.2) is 4.98 Å². The Morgan fingerprint density at radius 3 is 2.53 bits per heavy atom. The maximum atomic E-state index is 12.9. The molecule has 2 rings (SSSR count). The normalized spacial score (nSPS) is 10.0. The first-order valence-corrected chi connectivity index (χ1v) is 5.62. The van der Waals surface area contributed by atoms with Gasteiger partial charge in [0.2, 0.25) is 5.95 Å². The predicted octanol–water partition coefficient (Wildman–Crippen LogP) is 2.68. The molecule has 0 unspecified atom stereocenters. The SMILES string of the molecule is CC(=O)c1ccccc1NC(=O)c1cccc(F)n1. The molecule has 0 saturated carbocycles. The maximum absolute atomic E-state index is 12.9. The number of benzene rings is 1. The van der Waals surface area contributed by atoms with Gasteiger partial charge in [0.25, 0.3) is 5.91 Å². The molecule has 0 saturated heterocycles. The zero-order valence-corrected chi connectivity index (χ0v) is 10.2. The molecule has 1 aromatic heterocycles. The van der Waals surface area contributed by atoms with Crippen LogP contribution >= 0.6 is 0 Å². The van der Waals surface area contributed by atoms with Crippen LogP contribution in [-0.4, -0.2) is 16.7 Å². The van der Waals surface area contributed by atoms with Gasteiger partial charge >= 0.3 is 0 Å². The van der Waals surface area contributed by atoms with E-state index in [1.54, 1.807) is 24.3 Å². The van der Waals surface area contributed by atoms with Crippen molar-refractivity contribution in [2.45, 2.75) is 6.92 Å². The van der Waals surface area contributed by atoms with Crippen molar-refractivity contribution in [1.82, 2.24) is 4.98 Å². The molecule has 2 aromatic rings. The van der Waals surface area contributed by atoms with Crippen LogP contribution < -0.4 is 5.32 Å². The largest absolute Gasteiger partial charge is 0.320 e. The first-order valence-electron chi connectivity index (χ1n) is 5.62. The second-order valence-corrected chi connectivity index (χ2v) is 3.90. The fourth-order valence-electron chi connectivity index (χ4n) is 1.62. The number of Topliss-reactive ketones (excluding diaryl/α,β-unsaturated/α-hetero) is 1. The summed E-state index contributed by atoms with van der Waals surface area (Å²) < 4.78 is 12.9. The third-order valence-electron chi connectivity index (χ3n) is 2.50. The van der Waals surface area contributed by atoms with Gasteiger partial charge in [-0.3, -0.25) is 9.59 Å². The number of nitrogens with one attached hydrogen (secondary N) is 1. The Hall–Kier alpha value is -2.56. The van der Waals surface area contributed by atoms with E-state index in [1.807, 2.05) is 0 Å². The molecule has 4 nitrogen and oxygen atoms in total. The number of carbonyl (C=O) groups is 2. The Labute approximate surface area is 109 Å². The van der Waals surface area contributed by atoms with Crippen molar-refractivity contribution < 1.29 is 14.0 Å². The van der Waals surface area contributed by atoms with Gasteiger partial charge in [-0.1, -0.05) is 18.2 Å². The highest BCUT2D eigenvalue weighted by atomic mass is 19.1. The van der Waals surface area contributed by atoms with Crippen molar-refractivity contribution in [3.05, 3.63) is 59.7 Å². The number of hydrogen-bond donors (Lipinski definition) is 1. The maximum Gasteiger partial charge on any atom is 0.274 e. The summed E-state index contributed by atoms with van der Waals surface area (Å²) in [6, 6.07) is 10.6. The number of para-hydroxylation sites is 1. The van der Waals surface area contributed by atoms with Gasteiger partial charge in [0.1, 0.15) is 5.69 Å². The summed E-state index contributed by atoms with van der Waals surface area (Å²) >= 11 is 0. The number of ketones is 1. The van der Waals surface area contributed by atoms with Gasteiger partial charge in [-0.2, -0.15) is 4.39 Å². The summed E-state index contributed by atoms with van der Waals surface area (Å²) in [5.41, 5.74) is 0.733. The van der Waals surface area contributed by atoms with E-state index in [9.17, 15) is 14.0 Å². The van der Waals surface area contributed by atoms with Crippen LogP contribution in [0.25, 0.3) is 0 Å². The van der Waals surface area contributed by atoms with Crippen molar-refractivity contribution >= 4 is 17.4 Å². The van der Waals surface area contributed by atoms with E-state index in [2.05, 4.69) is 10.3 Å². The number of carbonyl (C=O) groups excluding carboxylic acids is 2. The summed E-state index contributed by atoms with van der Waals surface area (Å²) in [7, 11) is 0. The quantitative estimate of drug-likeness (QED) is 0.680. The van der Waals surface area contributed by atoms with Crippen LogP contribution in [0.3, 0.4) is 0 Å². The standard InChI is InChI=1S/C14H11FN2O2/c1-9(18)10-5-2-3-6-11(10)17-14(19)12-7-4-8-13(15)16-12/h2-8H,1H3,(H,17,19). The van der Waals surface area contributed by atoms with E-state index in [0.29, 0.717) is 11.3 Å². The summed E-state index contributed by atoms with van der Waals surface area (Å²) in [6.45, 7) is 1.41. The minimum atomic E-state index is -0.729. The molecule has 0 spiro atoms. The molecule has 1 amide bonds. The molecule has 5 heteroatoms. The minimum absolute atomic E-state index is 0.0432. The third-order valence-corrected chi connectivity index (χ3v) is 2.50. The number of hydrogen-bond acceptors (Lipinski definition) is 3. The van der Waals surface area contributed by atoms with E-state index in [4.69, 9.17) is 0 Å². The lowest BCUT2D eigenvalue weighted by Gasteiger charge is -2.08. The molecule has 1 N–H and O–H groups in total. The lowest BCUT2D eigenvalue weighted by atomic mass is 10.1. The third kappa shape index (κ3) is 3.01. The minimum Gasteiger partial charge on any atom is -0.320 e. The lowest BCUT2D eigenvalue weighted by molar-refractivity contribution is 0.101. The van der Waals surface area contributed by atoms with Crippen molar-refractivity contribution in [2.75, 3.05) is 5.32 Å².